The highest BCUT2D eigenvalue weighted by Gasteiger charge is 2.31. The molecule has 0 spiro atoms. The predicted molar refractivity (Wildman–Crippen MR) is 141 cm³/mol. The molecule has 0 unspecified atom stereocenters. The summed E-state index contributed by atoms with van der Waals surface area (Å²) in [6.07, 6.45) is 5.44. The average Bonchev–Trinajstić information content (AvgIpc) is 2.92. The molecule has 1 aromatic heterocycles. The molecule has 8 nitrogen and oxygen atoms in total. The molecule has 3 aliphatic rings. The van der Waals surface area contributed by atoms with Gasteiger partial charge in [-0.05, 0) is 49.7 Å². The van der Waals surface area contributed by atoms with E-state index in [0.717, 1.165) is 67.5 Å². The first-order valence-corrected chi connectivity index (χ1v) is 13.4. The van der Waals surface area contributed by atoms with Crippen molar-refractivity contribution in [1.29, 1.82) is 0 Å². The Morgan fingerprint density at radius 1 is 0.833 bits per heavy atom. The zero-order valence-electron chi connectivity index (χ0n) is 22.1. The standard InChI is InChI=1S/C28H39N5O3/c1-19-5-10-31(11-6-19)26-24-18-33(27(34)21-15-22(35-3)17-23(16-21)36-4)14-9-25(24)29-28(30-26)32-12-7-20(2)8-13-32/h15-17,19-20H,5-14,18H2,1-4H3. The van der Waals surface area contributed by atoms with E-state index in [0.29, 0.717) is 30.2 Å². The van der Waals surface area contributed by atoms with E-state index in [9.17, 15) is 4.79 Å². The lowest BCUT2D eigenvalue weighted by atomic mass is 9.97. The number of benzene rings is 1. The summed E-state index contributed by atoms with van der Waals surface area (Å²) in [5, 5.41) is 0. The maximum atomic E-state index is 13.6. The van der Waals surface area contributed by atoms with E-state index >= 15 is 0 Å². The second-order valence-electron chi connectivity index (χ2n) is 10.7. The highest BCUT2D eigenvalue weighted by atomic mass is 16.5. The molecule has 0 saturated carbocycles. The Balaban J connectivity index is 1.45. The smallest absolute Gasteiger partial charge is 0.254 e. The number of carbonyl (C=O) groups is 1. The van der Waals surface area contributed by atoms with E-state index in [2.05, 4.69) is 23.6 Å². The summed E-state index contributed by atoms with van der Waals surface area (Å²) in [6, 6.07) is 5.35. The van der Waals surface area contributed by atoms with Gasteiger partial charge in [0.15, 0.2) is 0 Å². The summed E-state index contributed by atoms with van der Waals surface area (Å²) in [7, 11) is 3.20. The molecule has 1 amide bonds. The number of amides is 1. The van der Waals surface area contributed by atoms with Crippen molar-refractivity contribution in [2.24, 2.45) is 11.8 Å². The number of hydrogen-bond donors (Lipinski definition) is 0. The van der Waals surface area contributed by atoms with Crippen molar-refractivity contribution in [2.45, 2.75) is 52.5 Å². The largest absolute Gasteiger partial charge is 0.497 e. The molecule has 4 heterocycles. The molecule has 5 rings (SSSR count). The summed E-state index contributed by atoms with van der Waals surface area (Å²) >= 11 is 0. The maximum Gasteiger partial charge on any atom is 0.254 e. The van der Waals surface area contributed by atoms with Gasteiger partial charge >= 0.3 is 0 Å². The molecule has 2 saturated heterocycles. The van der Waals surface area contributed by atoms with Crippen molar-refractivity contribution in [3.63, 3.8) is 0 Å². The summed E-state index contributed by atoms with van der Waals surface area (Å²) in [5.41, 5.74) is 2.77. The molecule has 8 heteroatoms. The molecule has 0 bridgehead atoms. The third-order valence-corrected chi connectivity index (χ3v) is 8.06. The Labute approximate surface area is 214 Å². The number of piperidine rings is 2. The van der Waals surface area contributed by atoms with Crippen molar-refractivity contribution in [3.8, 4) is 11.5 Å². The van der Waals surface area contributed by atoms with Crippen molar-refractivity contribution < 1.29 is 14.3 Å². The average molecular weight is 494 g/mol. The number of hydrogen-bond acceptors (Lipinski definition) is 7. The number of methoxy groups -OCH3 is 2. The lowest BCUT2D eigenvalue weighted by Gasteiger charge is -2.37. The van der Waals surface area contributed by atoms with Crippen LogP contribution in [-0.4, -0.2) is 67.7 Å². The van der Waals surface area contributed by atoms with Crippen molar-refractivity contribution in [2.75, 3.05) is 56.7 Å². The van der Waals surface area contributed by atoms with Crippen LogP contribution in [0, 0.1) is 11.8 Å². The topological polar surface area (TPSA) is 71.0 Å². The van der Waals surface area contributed by atoms with Crippen molar-refractivity contribution >= 4 is 17.7 Å². The van der Waals surface area contributed by atoms with Gasteiger partial charge < -0.3 is 24.2 Å². The SMILES string of the molecule is COc1cc(OC)cc(C(=O)N2CCc3nc(N4CCC(C)CC4)nc(N4CCC(C)CC4)c3C2)c1. The molecular weight excluding hydrogens is 454 g/mol. The van der Waals surface area contributed by atoms with Gasteiger partial charge in [-0.1, -0.05) is 13.8 Å². The van der Waals surface area contributed by atoms with Crippen LogP contribution in [0.25, 0.3) is 0 Å². The molecule has 0 aliphatic carbocycles. The van der Waals surface area contributed by atoms with Gasteiger partial charge in [0.05, 0.1) is 26.5 Å². The van der Waals surface area contributed by atoms with Gasteiger partial charge in [0, 0.05) is 56.3 Å². The number of aromatic nitrogens is 2. The number of rotatable bonds is 5. The molecule has 2 fully saturated rings. The quantitative estimate of drug-likeness (QED) is 0.619. The molecule has 1 aromatic carbocycles. The molecule has 0 radical (unpaired) electrons. The van der Waals surface area contributed by atoms with Crippen LogP contribution in [-0.2, 0) is 13.0 Å². The molecule has 194 valence electrons. The fourth-order valence-electron chi connectivity index (χ4n) is 5.50. The first-order valence-electron chi connectivity index (χ1n) is 13.4. The molecule has 0 N–H and O–H groups in total. The third-order valence-electron chi connectivity index (χ3n) is 8.06. The molecule has 3 aliphatic heterocycles. The monoisotopic (exact) mass is 493 g/mol. The summed E-state index contributed by atoms with van der Waals surface area (Å²) in [4.78, 5) is 30.5. The van der Waals surface area contributed by atoms with Gasteiger partial charge in [0.1, 0.15) is 17.3 Å². The van der Waals surface area contributed by atoms with Gasteiger partial charge in [-0.2, -0.15) is 4.98 Å². The Morgan fingerprint density at radius 3 is 2.00 bits per heavy atom. The summed E-state index contributed by atoms with van der Waals surface area (Å²) < 4.78 is 10.8. The van der Waals surface area contributed by atoms with Crippen molar-refractivity contribution in [3.05, 3.63) is 35.0 Å². The van der Waals surface area contributed by atoms with Crippen LogP contribution in [0.1, 0.15) is 61.1 Å². The lowest BCUT2D eigenvalue weighted by Crippen LogP contribution is -2.41. The van der Waals surface area contributed by atoms with E-state index < -0.39 is 0 Å². The fraction of sp³-hybridized carbons (Fsp3) is 0.607. The Bertz CT molecular complexity index is 1070. The number of ether oxygens (including phenoxy) is 2. The number of anilines is 2. The zero-order valence-corrected chi connectivity index (χ0v) is 22.1. The number of carbonyl (C=O) groups excluding carboxylic acids is 1. The van der Waals surface area contributed by atoms with Crippen LogP contribution in [0.5, 0.6) is 11.5 Å². The molecule has 36 heavy (non-hydrogen) atoms. The third kappa shape index (κ3) is 5.08. The normalized spacial score (nSPS) is 19.3. The summed E-state index contributed by atoms with van der Waals surface area (Å²) in [5.74, 6) is 4.60. The molecule has 0 atom stereocenters. The van der Waals surface area contributed by atoms with Crippen LogP contribution in [0.3, 0.4) is 0 Å². The van der Waals surface area contributed by atoms with E-state index in [1.807, 2.05) is 4.90 Å². The minimum Gasteiger partial charge on any atom is -0.497 e. The van der Waals surface area contributed by atoms with Gasteiger partial charge in [-0.25, -0.2) is 4.98 Å². The second-order valence-corrected chi connectivity index (χ2v) is 10.7. The minimum atomic E-state index is -0.0230. The van der Waals surface area contributed by atoms with Crippen LogP contribution >= 0.6 is 0 Å². The summed E-state index contributed by atoms with van der Waals surface area (Å²) in [6.45, 7) is 9.84. The van der Waals surface area contributed by atoms with E-state index in [1.54, 1.807) is 32.4 Å². The van der Waals surface area contributed by atoms with Crippen LogP contribution < -0.4 is 19.3 Å². The van der Waals surface area contributed by atoms with Crippen LogP contribution in [0.15, 0.2) is 18.2 Å². The Kier molecular flexibility index (Phi) is 7.21. The lowest BCUT2D eigenvalue weighted by molar-refractivity contribution is 0.0733. The van der Waals surface area contributed by atoms with Gasteiger partial charge in [0.2, 0.25) is 5.95 Å². The number of nitrogens with zero attached hydrogens (tertiary/aromatic N) is 5. The van der Waals surface area contributed by atoms with Gasteiger partial charge in [-0.15, -0.1) is 0 Å². The Hall–Kier alpha value is -3.03. The molecular formula is C28H39N5O3. The Morgan fingerprint density at radius 2 is 1.42 bits per heavy atom. The first-order chi connectivity index (χ1) is 17.4. The van der Waals surface area contributed by atoms with Gasteiger partial charge in [0.25, 0.3) is 5.91 Å². The first kappa shape index (κ1) is 24.7. The predicted octanol–water partition coefficient (Wildman–Crippen LogP) is 4.16. The minimum absolute atomic E-state index is 0.0230. The maximum absolute atomic E-state index is 13.6. The van der Waals surface area contributed by atoms with Crippen LogP contribution in [0.4, 0.5) is 11.8 Å². The van der Waals surface area contributed by atoms with E-state index in [1.165, 1.54) is 25.7 Å². The highest BCUT2D eigenvalue weighted by Crippen LogP contribution is 2.33. The fourth-order valence-corrected chi connectivity index (χ4v) is 5.50. The number of fused-ring (bicyclic) bond motifs is 1. The van der Waals surface area contributed by atoms with Gasteiger partial charge in [-0.3, -0.25) is 4.79 Å². The second kappa shape index (κ2) is 10.5. The van der Waals surface area contributed by atoms with E-state index in [4.69, 9.17) is 19.4 Å². The van der Waals surface area contributed by atoms with E-state index in [-0.39, 0.29) is 5.91 Å². The van der Waals surface area contributed by atoms with Crippen LogP contribution in [0.2, 0.25) is 0 Å². The molecule has 2 aromatic rings. The zero-order chi connectivity index (χ0) is 25.2. The highest BCUT2D eigenvalue weighted by molar-refractivity contribution is 5.95. The van der Waals surface area contributed by atoms with Crippen molar-refractivity contribution in [1.82, 2.24) is 14.9 Å².